The third-order valence-electron chi connectivity index (χ3n) is 3.61. The lowest BCUT2D eigenvalue weighted by Gasteiger charge is -2.20. The van der Waals surface area contributed by atoms with Gasteiger partial charge in [-0.05, 0) is 29.9 Å². The van der Waals surface area contributed by atoms with Crippen molar-refractivity contribution in [2.75, 3.05) is 11.9 Å². The third-order valence-corrected chi connectivity index (χ3v) is 3.61. The van der Waals surface area contributed by atoms with Gasteiger partial charge in [0.2, 0.25) is 5.91 Å². The van der Waals surface area contributed by atoms with Gasteiger partial charge in [0, 0.05) is 12.7 Å². The second-order valence-electron chi connectivity index (χ2n) is 4.49. The zero-order valence-corrected chi connectivity index (χ0v) is 8.68. The number of nitrogens with two attached hydrogens (primary N) is 1. The molecule has 1 fully saturated rings. The van der Waals surface area contributed by atoms with Crippen LogP contribution in [0.15, 0.2) is 24.3 Å². The lowest BCUT2D eigenvalue weighted by molar-refractivity contribution is -0.119. The van der Waals surface area contributed by atoms with Gasteiger partial charge in [0.15, 0.2) is 0 Å². The molecule has 2 aliphatic rings. The van der Waals surface area contributed by atoms with Crippen LogP contribution < -0.4 is 10.6 Å². The first kappa shape index (κ1) is 8.92. The van der Waals surface area contributed by atoms with Crippen molar-refractivity contribution in [3.63, 3.8) is 0 Å². The minimum atomic E-state index is -0.313. The molecule has 0 spiro atoms. The number of amides is 1. The molecule has 3 heteroatoms. The standard InChI is InChI=1S/C12H14N2O/c1-14-10-5-3-2-4-7(10)8-6-9(8)11(13)12(14)15/h2-5,8-9,11H,6,13H2,1H3/t8?,9?,11-/m1/s1. The van der Waals surface area contributed by atoms with E-state index in [9.17, 15) is 4.79 Å². The van der Waals surface area contributed by atoms with Gasteiger partial charge in [-0.2, -0.15) is 0 Å². The molecule has 2 N–H and O–H groups in total. The molecule has 1 saturated carbocycles. The lowest BCUT2D eigenvalue weighted by atomic mass is 10.1. The van der Waals surface area contributed by atoms with Gasteiger partial charge >= 0.3 is 0 Å². The number of benzene rings is 1. The third kappa shape index (κ3) is 1.13. The molecule has 1 aliphatic carbocycles. The Kier molecular flexibility index (Phi) is 1.68. The predicted molar refractivity (Wildman–Crippen MR) is 58.7 cm³/mol. The van der Waals surface area contributed by atoms with Gasteiger partial charge in [0.05, 0.1) is 6.04 Å². The molecule has 3 atom stereocenters. The maximum Gasteiger partial charge on any atom is 0.243 e. The smallest absolute Gasteiger partial charge is 0.243 e. The van der Waals surface area contributed by atoms with Crippen LogP contribution in [0.4, 0.5) is 5.69 Å². The number of likely N-dealkylation sites (N-methyl/N-ethyl adjacent to an activating group) is 1. The number of nitrogens with zero attached hydrogens (tertiary/aromatic N) is 1. The normalized spacial score (nSPS) is 33.1. The molecule has 78 valence electrons. The minimum Gasteiger partial charge on any atom is -0.320 e. The van der Waals surface area contributed by atoms with Gasteiger partial charge in [-0.3, -0.25) is 4.79 Å². The van der Waals surface area contributed by atoms with Crippen LogP contribution in [-0.4, -0.2) is 19.0 Å². The zero-order chi connectivity index (χ0) is 10.6. The van der Waals surface area contributed by atoms with Gasteiger partial charge in [0.1, 0.15) is 0 Å². The number of rotatable bonds is 0. The fourth-order valence-electron chi connectivity index (χ4n) is 2.60. The maximum absolute atomic E-state index is 11.9. The Balaban J connectivity index is 2.14. The summed E-state index contributed by atoms with van der Waals surface area (Å²) in [4.78, 5) is 13.6. The summed E-state index contributed by atoms with van der Waals surface area (Å²) < 4.78 is 0. The van der Waals surface area contributed by atoms with Crippen molar-refractivity contribution in [3.05, 3.63) is 29.8 Å². The second kappa shape index (κ2) is 2.83. The number of hydrogen-bond donors (Lipinski definition) is 1. The van der Waals surface area contributed by atoms with E-state index in [1.54, 1.807) is 4.90 Å². The van der Waals surface area contributed by atoms with Crippen LogP contribution in [0.1, 0.15) is 17.9 Å². The quantitative estimate of drug-likeness (QED) is 0.684. The van der Waals surface area contributed by atoms with Crippen LogP contribution in [0, 0.1) is 5.92 Å². The van der Waals surface area contributed by atoms with Crippen molar-refractivity contribution in [2.45, 2.75) is 18.4 Å². The minimum absolute atomic E-state index is 0.0486. The highest BCUT2D eigenvalue weighted by Crippen LogP contribution is 2.53. The van der Waals surface area contributed by atoms with Crippen molar-refractivity contribution < 1.29 is 4.79 Å². The molecule has 1 aliphatic heterocycles. The highest BCUT2D eigenvalue weighted by atomic mass is 16.2. The maximum atomic E-state index is 11.9. The monoisotopic (exact) mass is 202 g/mol. The van der Waals surface area contributed by atoms with Crippen LogP contribution in [0.3, 0.4) is 0 Å². The summed E-state index contributed by atoms with van der Waals surface area (Å²) in [6.45, 7) is 0. The number of carbonyl (C=O) groups is 1. The SMILES string of the molecule is CN1C(=O)[C@H](N)C2CC2c2ccccc21. The highest BCUT2D eigenvalue weighted by molar-refractivity contribution is 5.99. The molecule has 3 rings (SSSR count). The molecule has 0 aromatic heterocycles. The van der Waals surface area contributed by atoms with E-state index in [-0.39, 0.29) is 11.9 Å². The average molecular weight is 202 g/mol. The van der Waals surface area contributed by atoms with Crippen molar-refractivity contribution in [1.29, 1.82) is 0 Å². The van der Waals surface area contributed by atoms with Gasteiger partial charge in [-0.15, -0.1) is 0 Å². The molecule has 0 radical (unpaired) electrons. The van der Waals surface area contributed by atoms with E-state index in [4.69, 9.17) is 5.73 Å². The zero-order valence-electron chi connectivity index (χ0n) is 8.68. The van der Waals surface area contributed by atoms with Gasteiger partial charge in [-0.25, -0.2) is 0 Å². The summed E-state index contributed by atoms with van der Waals surface area (Å²) in [6.07, 6.45) is 1.07. The van der Waals surface area contributed by atoms with Crippen LogP contribution in [0.25, 0.3) is 0 Å². The van der Waals surface area contributed by atoms with Crippen LogP contribution in [0.5, 0.6) is 0 Å². The Morgan fingerprint density at radius 2 is 2.13 bits per heavy atom. The molecule has 0 saturated heterocycles. The van der Waals surface area contributed by atoms with Gasteiger partial charge in [0.25, 0.3) is 0 Å². The van der Waals surface area contributed by atoms with Gasteiger partial charge < -0.3 is 10.6 Å². The summed E-state index contributed by atoms with van der Waals surface area (Å²) in [6, 6.07) is 7.80. The second-order valence-corrected chi connectivity index (χ2v) is 4.49. The Morgan fingerprint density at radius 1 is 1.40 bits per heavy atom. The Hall–Kier alpha value is -1.35. The molecule has 1 heterocycles. The summed E-state index contributed by atoms with van der Waals surface area (Å²) in [5.74, 6) is 0.918. The first-order chi connectivity index (χ1) is 7.20. The predicted octanol–water partition coefficient (Wildman–Crippen LogP) is 1.09. The average Bonchev–Trinajstić information content (AvgIpc) is 3.05. The number of carbonyl (C=O) groups excluding carboxylic acids is 1. The molecular formula is C12H14N2O. The van der Waals surface area contributed by atoms with Crippen molar-refractivity contribution in [1.82, 2.24) is 0 Å². The van der Waals surface area contributed by atoms with Crippen LogP contribution in [0.2, 0.25) is 0 Å². The van der Waals surface area contributed by atoms with E-state index in [2.05, 4.69) is 6.07 Å². The number of anilines is 1. The number of para-hydroxylation sites is 1. The van der Waals surface area contributed by atoms with Crippen molar-refractivity contribution in [2.24, 2.45) is 11.7 Å². The topological polar surface area (TPSA) is 46.3 Å². The van der Waals surface area contributed by atoms with Crippen molar-refractivity contribution in [3.8, 4) is 0 Å². The fourth-order valence-corrected chi connectivity index (χ4v) is 2.60. The highest BCUT2D eigenvalue weighted by Gasteiger charge is 2.49. The number of fused-ring (bicyclic) bond motifs is 3. The van der Waals surface area contributed by atoms with Crippen LogP contribution in [-0.2, 0) is 4.79 Å². The van der Waals surface area contributed by atoms with E-state index < -0.39 is 0 Å². The lowest BCUT2D eigenvalue weighted by Crippen LogP contribution is -2.42. The number of hydrogen-bond acceptors (Lipinski definition) is 2. The van der Waals surface area contributed by atoms with E-state index >= 15 is 0 Å². The molecule has 1 aromatic carbocycles. The van der Waals surface area contributed by atoms with E-state index in [0.717, 1.165) is 12.1 Å². The fraction of sp³-hybridized carbons (Fsp3) is 0.417. The molecule has 0 bridgehead atoms. The molecule has 2 unspecified atom stereocenters. The molecule has 1 aromatic rings. The van der Waals surface area contributed by atoms with E-state index in [1.807, 2.05) is 25.2 Å². The Bertz CT molecular complexity index is 429. The molecule has 3 nitrogen and oxygen atoms in total. The summed E-state index contributed by atoms with van der Waals surface area (Å²) in [5, 5.41) is 0. The Labute approximate surface area is 88.9 Å². The Morgan fingerprint density at radius 3 is 2.93 bits per heavy atom. The van der Waals surface area contributed by atoms with Crippen LogP contribution >= 0.6 is 0 Å². The largest absolute Gasteiger partial charge is 0.320 e. The summed E-state index contributed by atoms with van der Waals surface area (Å²) in [5.41, 5.74) is 8.26. The summed E-state index contributed by atoms with van der Waals surface area (Å²) >= 11 is 0. The molecular weight excluding hydrogens is 188 g/mol. The summed E-state index contributed by atoms with van der Waals surface area (Å²) in [7, 11) is 1.81. The van der Waals surface area contributed by atoms with Crippen molar-refractivity contribution >= 4 is 11.6 Å². The first-order valence-electron chi connectivity index (χ1n) is 5.32. The molecule has 15 heavy (non-hydrogen) atoms. The molecule has 1 amide bonds. The van der Waals surface area contributed by atoms with Gasteiger partial charge in [-0.1, -0.05) is 18.2 Å². The van der Waals surface area contributed by atoms with E-state index in [0.29, 0.717) is 11.8 Å². The first-order valence-corrected chi connectivity index (χ1v) is 5.32. The van der Waals surface area contributed by atoms with E-state index in [1.165, 1.54) is 5.56 Å².